The first-order valence-electron chi connectivity index (χ1n) is 14.1. The van der Waals surface area contributed by atoms with Gasteiger partial charge in [-0.3, -0.25) is 13.9 Å². The van der Waals surface area contributed by atoms with E-state index in [1.807, 2.05) is 95.3 Å². The minimum absolute atomic E-state index is 0.0610. The van der Waals surface area contributed by atoms with Crippen LogP contribution in [-0.4, -0.2) is 49.5 Å². The van der Waals surface area contributed by atoms with E-state index >= 15 is 0 Å². The van der Waals surface area contributed by atoms with Crippen molar-refractivity contribution in [2.24, 2.45) is 0 Å². The van der Waals surface area contributed by atoms with Crippen molar-refractivity contribution in [3.05, 3.63) is 100 Å². The van der Waals surface area contributed by atoms with E-state index in [1.54, 1.807) is 17.0 Å². The Morgan fingerprint density at radius 2 is 1.52 bits per heavy atom. The normalized spacial score (nSPS) is 12.5. The Hall–Kier alpha value is -3.36. The molecule has 2 amide bonds. The van der Waals surface area contributed by atoms with Crippen LogP contribution in [0.1, 0.15) is 55.9 Å². The molecule has 0 saturated carbocycles. The molecule has 0 fully saturated rings. The number of sulfonamides is 1. The fraction of sp³-hybridized carbons (Fsp3) is 0.394. The molecule has 3 aromatic rings. The van der Waals surface area contributed by atoms with E-state index in [0.29, 0.717) is 17.1 Å². The maximum atomic E-state index is 14.0. The summed E-state index contributed by atoms with van der Waals surface area (Å²) in [5.74, 6) is -0.497. The Morgan fingerprint density at radius 3 is 2.10 bits per heavy atom. The summed E-state index contributed by atoms with van der Waals surface area (Å²) in [6, 6.07) is 21.7. The maximum Gasteiger partial charge on any atom is 0.243 e. The number of carbonyl (C=O) groups is 2. The number of amides is 2. The Labute approximate surface area is 255 Å². The molecule has 3 aromatic carbocycles. The first-order valence-corrected chi connectivity index (χ1v) is 16.3. The van der Waals surface area contributed by atoms with Crippen molar-refractivity contribution in [1.82, 2.24) is 10.2 Å². The molecule has 0 saturated heterocycles. The lowest BCUT2D eigenvalue weighted by atomic mass is 10.00. The largest absolute Gasteiger partial charge is 0.350 e. The number of hydrogen-bond acceptors (Lipinski definition) is 4. The first kappa shape index (κ1) is 33.1. The zero-order valence-corrected chi connectivity index (χ0v) is 26.9. The van der Waals surface area contributed by atoms with Gasteiger partial charge in [0.05, 0.1) is 11.9 Å². The van der Waals surface area contributed by atoms with Gasteiger partial charge in [0.2, 0.25) is 21.8 Å². The molecule has 0 aliphatic carbocycles. The second-order valence-electron chi connectivity index (χ2n) is 11.9. The van der Waals surface area contributed by atoms with E-state index in [9.17, 15) is 18.0 Å². The van der Waals surface area contributed by atoms with Crippen molar-refractivity contribution in [3.63, 3.8) is 0 Å². The monoisotopic (exact) mass is 611 g/mol. The average Bonchev–Trinajstić information content (AvgIpc) is 2.86. The van der Waals surface area contributed by atoms with Crippen LogP contribution in [0.15, 0.2) is 72.8 Å². The minimum Gasteiger partial charge on any atom is -0.350 e. The summed E-state index contributed by atoms with van der Waals surface area (Å²) < 4.78 is 26.8. The average molecular weight is 612 g/mol. The van der Waals surface area contributed by atoms with E-state index in [0.717, 1.165) is 22.3 Å². The van der Waals surface area contributed by atoms with Crippen LogP contribution in [0, 0.1) is 13.8 Å². The molecule has 226 valence electrons. The number of nitrogens with zero attached hydrogens (tertiary/aromatic N) is 2. The number of hydrogen-bond donors (Lipinski definition) is 1. The Bertz CT molecular complexity index is 1470. The van der Waals surface area contributed by atoms with E-state index in [-0.39, 0.29) is 37.7 Å². The molecule has 0 aliphatic rings. The van der Waals surface area contributed by atoms with Crippen LogP contribution >= 0.6 is 11.6 Å². The first-order chi connectivity index (χ1) is 19.6. The third kappa shape index (κ3) is 10.2. The molecule has 0 aromatic heterocycles. The predicted molar refractivity (Wildman–Crippen MR) is 171 cm³/mol. The highest BCUT2D eigenvalue weighted by atomic mass is 35.5. The van der Waals surface area contributed by atoms with Crippen LogP contribution in [0.2, 0.25) is 5.02 Å². The van der Waals surface area contributed by atoms with Crippen molar-refractivity contribution in [2.75, 3.05) is 17.1 Å². The summed E-state index contributed by atoms with van der Waals surface area (Å²) >= 11 is 6.26. The number of aryl methyl sites for hydroxylation is 2. The molecule has 7 nitrogen and oxygen atoms in total. The van der Waals surface area contributed by atoms with E-state index < -0.39 is 21.6 Å². The van der Waals surface area contributed by atoms with Gasteiger partial charge in [-0.2, -0.15) is 0 Å². The van der Waals surface area contributed by atoms with Gasteiger partial charge in [0, 0.05) is 36.5 Å². The van der Waals surface area contributed by atoms with Crippen LogP contribution in [0.3, 0.4) is 0 Å². The third-order valence-corrected chi connectivity index (χ3v) is 8.09. The number of rotatable bonds is 12. The third-order valence-electron chi connectivity index (χ3n) is 6.66. The number of carbonyl (C=O) groups excluding carboxylic acids is 2. The summed E-state index contributed by atoms with van der Waals surface area (Å²) in [7, 11) is -3.58. The summed E-state index contributed by atoms with van der Waals surface area (Å²) in [4.78, 5) is 29.3. The summed E-state index contributed by atoms with van der Waals surface area (Å²) in [6.07, 6.45) is 1.84. The molecule has 0 unspecified atom stereocenters. The highest BCUT2D eigenvalue weighted by Crippen LogP contribution is 2.23. The fourth-order valence-electron chi connectivity index (χ4n) is 4.94. The van der Waals surface area contributed by atoms with E-state index in [1.165, 1.54) is 10.6 Å². The fourth-order valence-corrected chi connectivity index (χ4v) is 6.10. The lowest BCUT2D eigenvalue weighted by molar-refractivity contribution is -0.142. The highest BCUT2D eigenvalue weighted by molar-refractivity contribution is 7.92. The Morgan fingerprint density at radius 1 is 0.905 bits per heavy atom. The summed E-state index contributed by atoms with van der Waals surface area (Å²) in [5, 5.41) is 3.59. The summed E-state index contributed by atoms with van der Waals surface area (Å²) in [6.45, 7) is 9.87. The molecular formula is C33H42ClN3O4S. The van der Waals surface area contributed by atoms with Crippen LogP contribution < -0.4 is 9.62 Å². The Kier molecular flexibility index (Phi) is 11.2. The van der Waals surface area contributed by atoms with Crippen LogP contribution in [0.25, 0.3) is 0 Å². The number of anilines is 1. The molecule has 9 heteroatoms. The van der Waals surface area contributed by atoms with Gasteiger partial charge in [-0.15, -0.1) is 0 Å². The lowest BCUT2D eigenvalue weighted by Crippen LogP contribution is -2.54. The molecule has 0 radical (unpaired) electrons. The van der Waals surface area contributed by atoms with Gasteiger partial charge in [-0.25, -0.2) is 8.42 Å². The number of nitrogens with one attached hydrogen (secondary N) is 1. The van der Waals surface area contributed by atoms with Gasteiger partial charge >= 0.3 is 0 Å². The zero-order valence-electron chi connectivity index (χ0n) is 25.4. The molecule has 1 atom stereocenters. The molecule has 0 bridgehead atoms. The lowest BCUT2D eigenvalue weighted by Gasteiger charge is -2.34. The van der Waals surface area contributed by atoms with Gasteiger partial charge in [-0.1, -0.05) is 60.1 Å². The zero-order chi connectivity index (χ0) is 31.1. The molecule has 0 spiro atoms. The van der Waals surface area contributed by atoms with Crippen LogP contribution in [-0.2, 0) is 32.6 Å². The van der Waals surface area contributed by atoms with Crippen molar-refractivity contribution in [1.29, 1.82) is 0 Å². The molecule has 1 N–H and O–H groups in total. The van der Waals surface area contributed by atoms with Gasteiger partial charge in [0.1, 0.15) is 6.04 Å². The van der Waals surface area contributed by atoms with Gasteiger partial charge < -0.3 is 10.2 Å². The summed E-state index contributed by atoms with van der Waals surface area (Å²) in [5.41, 5.74) is 3.70. The standard InChI is InChI=1S/C33H42ClN3O4S/c1-24-18-25(2)20-29(19-24)37(42(6,40)41)17-11-16-31(38)36(23-27-14-10-15-28(34)21-27)30(32(39)35-33(3,4)5)22-26-12-8-7-9-13-26/h7-10,12-15,18-21,30H,11,16-17,22-23H2,1-6H3,(H,35,39)/t30-/m0/s1. The topological polar surface area (TPSA) is 86.8 Å². The molecule has 42 heavy (non-hydrogen) atoms. The van der Waals surface area contributed by atoms with Crippen LogP contribution in [0.5, 0.6) is 0 Å². The van der Waals surface area contributed by atoms with Crippen molar-refractivity contribution >= 4 is 39.1 Å². The van der Waals surface area contributed by atoms with Gasteiger partial charge in [0.25, 0.3) is 0 Å². The van der Waals surface area contributed by atoms with Gasteiger partial charge in [-0.05, 0) is 87.6 Å². The smallest absolute Gasteiger partial charge is 0.243 e. The molecular weight excluding hydrogens is 570 g/mol. The van der Waals surface area contributed by atoms with Gasteiger partial charge in [0.15, 0.2) is 0 Å². The number of halogens is 1. The second kappa shape index (κ2) is 14.2. The quantitative estimate of drug-likeness (QED) is 0.270. The molecule has 0 aliphatic heterocycles. The maximum absolute atomic E-state index is 14.0. The minimum atomic E-state index is -3.58. The van der Waals surface area contributed by atoms with E-state index in [4.69, 9.17) is 11.6 Å². The Balaban J connectivity index is 1.92. The predicted octanol–water partition coefficient (Wildman–Crippen LogP) is 6.06. The van der Waals surface area contributed by atoms with E-state index in [2.05, 4.69) is 5.32 Å². The molecule has 3 rings (SSSR count). The SMILES string of the molecule is Cc1cc(C)cc(N(CCCC(=O)N(Cc2cccc(Cl)c2)[C@@H](Cc2ccccc2)C(=O)NC(C)(C)C)S(C)(=O)=O)c1. The van der Waals surface area contributed by atoms with Crippen molar-refractivity contribution in [3.8, 4) is 0 Å². The highest BCUT2D eigenvalue weighted by Gasteiger charge is 2.32. The second-order valence-corrected chi connectivity index (χ2v) is 14.2. The van der Waals surface area contributed by atoms with Crippen LogP contribution in [0.4, 0.5) is 5.69 Å². The molecule has 0 heterocycles. The van der Waals surface area contributed by atoms with Crippen molar-refractivity contribution < 1.29 is 18.0 Å². The van der Waals surface area contributed by atoms with Crippen molar-refractivity contribution in [2.45, 2.75) is 72.0 Å². The number of benzene rings is 3.